The fourth-order valence-corrected chi connectivity index (χ4v) is 5.93. The quantitative estimate of drug-likeness (QED) is 0.0228. The standard InChI is InChI=1S/C38H74NO8P/c1-6-8-10-12-14-16-17-18-19-20-21-23-25-27-29-31-38(41)47-36(35-46-48(42,43)45-33-32-39(3,4)5)34-44-37(40)30-28-26-24-22-15-13-11-9-7-2/h18-19,36H,6-17,20-35H2,1-5H3/p+1/b19-18+/t36-/m1/s1. The summed E-state index contributed by atoms with van der Waals surface area (Å²) in [6.45, 7) is 4.38. The number of rotatable bonds is 35. The summed E-state index contributed by atoms with van der Waals surface area (Å²) in [5.74, 6) is -0.808. The summed E-state index contributed by atoms with van der Waals surface area (Å²) in [4.78, 5) is 35.1. The lowest BCUT2D eigenvalue weighted by Crippen LogP contribution is -2.37. The zero-order valence-corrected chi connectivity index (χ0v) is 32.6. The summed E-state index contributed by atoms with van der Waals surface area (Å²) in [5.41, 5.74) is 0. The number of hydrogen-bond acceptors (Lipinski definition) is 7. The number of likely N-dealkylation sites (N-methyl/N-ethyl adjacent to an activating group) is 1. The van der Waals surface area contributed by atoms with Crippen LogP contribution in [-0.2, 0) is 32.7 Å². The molecule has 0 aromatic carbocycles. The largest absolute Gasteiger partial charge is 0.472 e. The zero-order chi connectivity index (χ0) is 35.8. The van der Waals surface area contributed by atoms with E-state index in [0.29, 0.717) is 23.9 Å². The monoisotopic (exact) mass is 705 g/mol. The Bertz CT molecular complexity index is 845. The third-order valence-electron chi connectivity index (χ3n) is 8.30. The minimum atomic E-state index is -4.36. The van der Waals surface area contributed by atoms with Crippen LogP contribution in [-0.4, -0.2) is 74.9 Å². The molecule has 0 bridgehead atoms. The number of nitrogens with zero attached hydrogens (tertiary/aromatic N) is 1. The maximum absolute atomic E-state index is 12.6. The Balaban J connectivity index is 4.42. The summed E-state index contributed by atoms with van der Waals surface area (Å²) in [7, 11) is 1.48. The van der Waals surface area contributed by atoms with Crippen LogP contribution in [0.15, 0.2) is 12.2 Å². The van der Waals surface area contributed by atoms with Crippen molar-refractivity contribution < 1.29 is 42.1 Å². The third kappa shape index (κ3) is 34.6. The minimum absolute atomic E-state index is 0.0327. The van der Waals surface area contributed by atoms with E-state index in [2.05, 4.69) is 26.0 Å². The fourth-order valence-electron chi connectivity index (χ4n) is 5.18. The van der Waals surface area contributed by atoms with Crippen LogP contribution >= 0.6 is 7.82 Å². The lowest BCUT2D eigenvalue weighted by atomic mass is 10.1. The highest BCUT2D eigenvalue weighted by Gasteiger charge is 2.27. The van der Waals surface area contributed by atoms with Gasteiger partial charge in [-0.05, 0) is 38.5 Å². The average molecular weight is 705 g/mol. The lowest BCUT2D eigenvalue weighted by molar-refractivity contribution is -0.870. The lowest BCUT2D eigenvalue weighted by Gasteiger charge is -2.24. The molecule has 0 fully saturated rings. The van der Waals surface area contributed by atoms with Crippen LogP contribution < -0.4 is 0 Å². The van der Waals surface area contributed by atoms with E-state index in [-0.39, 0.29) is 25.6 Å². The smallest absolute Gasteiger partial charge is 0.462 e. The van der Waals surface area contributed by atoms with Crippen molar-refractivity contribution in [3.8, 4) is 0 Å². The van der Waals surface area contributed by atoms with Crippen LogP contribution in [0.1, 0.15) is 168 Å². The van der Waals surface area contributed by atoms with E-state index in [1.807, 2.05) is 21.1 Å². The van der Waals surface area contributed by atoms with E-state index < -0.39 is 26.5 Å². The van der Waals surface area contributed by atoms with Gasteiger partial charge in [0.2, 0.25) is 0 Å². The Hall–Kier alpha value is -1.25. The second kappa shape index (κ2) is 31.7. The highest BCUT2D eigenvalue weighted by atomic mass is 31.2. The van der Waals surface area contributed by atoms with E-state index in [0.717, 1.165) is 51.4 Å². The number of hydrogen-bond donors (Lipinski definition) is 1. The highest BCUT2D eigenvalue weighted by Crippen LogP contribution is 2.43. The molecule has 0 saturated heterocycles. The van der Waals surface area contributed by atoms with E-state index in [1.54, 1.807) is 0 Å². The molecule has 0 radical (unpaired) electrons. The molecule has 0 amide bonds. The van der Waals surface area contributed by atoms with Crippen LogP contribution in [0.4, 0.5) is 0 Å². The second-order valence-corrected chi connectivity index (χ2v) is 15.8. The zero-order valence-electron chi connectivity index (χ0n) is 31.7. The van der Waals surface area contributed by atoms with Gasteiger partial charge in [0, 0.05) is 12.8 Å². The van der Waals surface area contributed by atoms with E-state index in [4.69, 9.17) is 18.5 Å². The Kier molecular flexibility index (Phi) is 30.9. The molecule has 0 aromatic rings. The van der Waals surface area contributed by atoms with Gasteiger partial charge >= 0.3 is 19.8 Å². The summed E-state index contributed by atoms with van der Waals surface area (Å²) in [6.07, 6.45) is 29.7. The molecule has 0 aromatic heterocycles. The molecule has 48 heavy (non-hydrogen) atoms. The van der Waals surface area contributed by atoms with Crippen LogP contribution in [0.2, 0.25) is 0 Å². The molecule has 0 aliphatic heterocycles. The molecule has 10 heteroatoms. The van der Waals surface area contributed by atoms with Gasteiger partial charge in [-0.25, -0.2) is 4.57 Å². The van der Waals surface area contributed by atoms with E-state index in [1.165, 1.54) is 83.5 Å². The topological polar surface area (TPSA) is 108 Å². The predicted octanol–water partition coefficient (Wildman–Crippen LogP) is 10.2. The predicted molar refractivity (Wildman–Crippen MR) is 197 cm³/mol. The van der Waals surface area contributed by atoms with Gasteiger partial charge in [-0.2, -0.15) is 0 Å². The van der Waals surface area contributed by atoms with Gasteiger partial charge in [-0.1, -0.05) is 129 Å². The van der Waals surface area contributed by atoms with Crippen molar-refractivity contribution >= 4 is 19.8 Å². The van der Waals surface area contributed by atoms with Crippen molar-refractivity contribution in [2.45, 2.75) is 174 Å². The molecule has 0 aliphatic carbocycles. The normalized spacial score (nSPS) is 13.9. The van der Waals surface area contributed by atoms with Crippen molar-refractivity contribution in [2.75, 3.05) is 47.5 Å². The van der Waals surface area contributed by atoms with Gasteiger partial charge in [0.15, 0.2) is 6.10 Å². The van der Waals surface area contributed by atoms with Gasteiger partial charge < -0.3 is 18.9 Å². The van der Waals surface area contributed by atoms with Crippen molar-refractivity contribution in [1.29, 1.82) is 0 Å². The Morgan fingerprint density at radius 2 is 1.06 bits per heavy atom. The van der Waals surface area contributed by atoms with Crippen LogP contribution in [0.5, 0.6) is 0 Å². The number of esters is 2. The average Bonchev–Trinajstić information content (AvgIpc) is 3.02. The number of quaternary nitrogens is 1. The molecule has 284 valence electrons. The molecular weight excluding hydrogens is 629 g/mol. The maximum Gasteiger partial charge on any atom is 0.472 e. The van der Waals surface area contributed by atoms with Crippen molar-refractivity contribution in [2.24, 2.45) is 0 Å². The number of unbranched alkanes of at least 4 members (excludes halogenated alkanes) is 19. The summed E-state index contributed by atoms with van der Waals surface area (Å²) in [6, 6.07) is 0. The van der Waals surface area contributed by atoms with Crippen LogP contribution in [0.25, 0.3) is 0 Å². The first kappa shape index (κ1) is 46.8. The minimum Gasteiger partial charge on any atom is -0.462 e. The molecule has 9 nitrogen and oxygen atoms in total. The van der Waals surface area contributed by atoms with Gasteiger partial charge in [0.05, 0.1) is 27.7 Å². The summed E-state index contributed by atoms with van der Waals surface area (Å²) >= 11 is 0. The van der Waals surface area contributed by atoms with Crippen LogP contribution in [0, 0.1) is 0 Å². The van der Waals surface area contributed by atoms with E-state index in [9.17, 15) is 19.0 Å². The number of phosphoric acid groups is 1. The first-order chi connectivity index (χ1) is 23.0. The molecule has 0 saturated carbocycles. The van der Waals surface area contributed by atoms with Gasteiger partial charge in [0.1, 0.15) is 19.8 Å². The van der Waals surface area contributed by atoms with Crippen molar-refractivity contribution in [3.05, 3.63) is 12.2 Å². The van der Waals surface area contributed by atoms with Gasteiger partial charge in [-0.15, -0.1) is 0 Å². The second-order valence-electron chi connectivity index (χ2n) is 14.3. The Morgan fingerprint density at radius 3 is 1.54 bits per heavy atom. The first-order valence-electron chi connectivity index (χ1n) is 19.4. The van der Waals surface area contributed by atoms with E-state index >= 15 is 0 Å². The molecular formula is C38H75NO8P+. The SMILES string of the molecule is CCCCCCCC/C=C/CCCCCCCC(=O)O[C@H](COC(=O)CCCCCCCCCCC)COP(=O)(O)OCC[N+](C)(C)C. The third-order valence-corrected chi connectivity index (χ3v) is 9.28. The molecule has 0 heterocycles. The molecule has 1 N–H and O–H groups in total. The number of carbonyl (C=O) groups excluding carboxylic acids is 2. The van der Waals surface area contributed by atoms with Gasteiger partial charge in [0.25, 0.3) is 0 Å². The first-order valence-corrected chi connectivity index (χ1v) is 20.9. The van der Waals surface area contributed by atoms with Gasteiger partial charge in [-0.3, -0.25) is 18.6 Å². The molecule has 1 unspecified atom stereocenters. The summed E-state index contributed by atoms with van der Waals surface area (Å²) < 4.78 is 34.1. The van der Waals surface area contributed by atoms with Crippen molar-refractivity contribution in [1.82, 2.24) is 0 Å². The number of carbonyl (C=O) groups is 2. The molecule has 2 atom stereocenters. The Labute approximate surface area is 295 Å². The number of ether oxygens (including phenoxy) is 2. The number of phosphoric ester groups is 1. The van der Waals surface area contributed by atoms with Crippen LogP contribution in [0.3, 0.4) is 0 Å². The molecule has 0 rings (SSSR count). The fraction of sp³-hybridized carbons (Fsp3) is 0.895. The van der Waals surface area contributed by atoms with Crippen molar-refractivity contribution in [3.63, 3.8) is 0 Å². The maximum atomic E-state index is 12.6. The summed E-state index contributed by atoms with van der Waals surface area (Å²) in [5, 5.41) is 0. The molecule has 0 spiro atoms. The Morgan fingerprint density at radius 1 is 0.625 bits per heavy atom. The highest BCUT2D eigenvalue weighted by molar-refractivity contribution is 7.47. The molecule has 0 aliphatic rings. The number of allylic oxidation sites excluding steroid dienone is 2.